The van der Waals surface area contributed by atoms with Crippen LogP contribution in [0.1, 0.15) is 41.7 Å². The zero-order valence-corrected chi connectivity index (χ0v) is 15.0. The number of rotatable bonds is 2. The first-order chi connectivity index (χ1) is 12.6. The molecule has 1 fully saturated rings. The van der Waals surface area contributed by atoms with Crippen LogP contribution in [-0.2, 0) is 6.54 Å². The third kappa shape index (κ3) is 2.36. The monoisotopic (exact) mass is 387 g/mol. The van der Waals surface area contributed by atoms with Crippen LogP contribution in [-0.4, -0.2) is 25.5 Å². The van der Waals surface area contributed by atoms with E-state index in [1.165, 1.54) is 18.3 Å². The van der Waals surface area contributed by atoms with Gasteiger partial charge in [-0.3, -0.25) is 14.5 Å². The molecular formula is C18H12Cl2FN5. The van der Waals surface area contributed by atoms with Gasteiger partial charge in [0.15, 0.2) is 11.6 Å². The second-order valence-electron chi connectivity index (χ2n) is 6.34. The first-order valence-corrected chi connectivity index (χ1v) is 8.99. The molecule has 3 aromatic rings. The van der Waals surface area contributed by atoms with Gasteiger partial charge >= 0.3 is 0 Å². The van der Waals surface area contributed by atoms with Crippen molar-refractivity contribution in [2.45, 2.75) is 25.3 Å². The molecule has 0 unspecified atom stereocenters. The Kier molecular flexibility index (Phi) is 3.58. The Hall–Kier alpha value is -2.31. The predicted octanol–water partition coefficient (Wildman–Crippen LogP) is 4.34. The topological polar surface area (TPSA) is 56.0 Å². The fourth-order valence-electron chi connectivity index (χ4n) is 3.24. The van der Waals surface area contributed by atoms with Crippen LogP contribution < -0.4 is 0 Å². The van der Waals surface area contributed by atoms with E-state index in [9.17, 15) is 4.39 Å². The number of hydrogen-bond acceptors (Lipinski definition) is 4. The van der Waals surface area contributed by atoms with Crippen LogP contribution in [0.25, 0.3) is 5.69 Å². The van der Waals surface area contributed by atoms with Crippen LogP contribution in [0.15, 0.2) is 35.5 Å². The van der Waals surface area contributed by atoms with Gasteiger partial charge in [0, 0.05) is 17.7 Å². The molecule has 26 heavy (non-hydrogen) atoms. The summed E-state index contributed by atoms with van der Waals surface area (Å²) in [5, 5.41) is 9.33. The fraction of sp³-hybridized carbons (Fsp3) is 0.222. The molecular weight excluding hydrogens is 376 g/mol. The molecule has 5 rings (SSSR count). The maximum absolute atomic E-state index is 14.5. The van der Waals surface area contributed by atoms with Crippen LogP contribution in [0.4, 0.5) is 4.39 Å². The van der Waals surface area contributed by atoms with Gasteiger partial charge in [-0.2, -0.15) is 0 Å². The second kappa shape index (κ2) is 5.86. The fourth-order valence-corrected chi connectivity index (χ4v) is 3.64. The van der Waals surface area contributed by atoms with E-state index in [-0.39, 0.29) is 12.2 Å². The molecule has 5 nitrogen and oxygen atoms in total. The van der Waals surface area contributed by atoms with Crippen molar-refractivity contribution in [1.29, 1.82) is 0 Å². The predicted molar refractivity (Wildman–Crippen MR) is 96.9 cm³/mol. The summed E-state index contributed by atoms with van der Waals surface area (Å²) in [6, 6.07) is 6.46. The van der Waals surface area contributed by atoms with E-state index in [0.717, 1.165) is 24.4 Å². The number of aliphatic imine (C=N–C) groups is 1. The highest BCUT2D eigenvalue weighted by Gasteiger charge is 2.34. The molecule has 0 spiro atoms. The molecule has 1 saturated carbocycles. The molecule has 0 saturated heterocycles. The summed E-state index contributed by atoms with van der Waals surface area (Å²) in [4.78, 5) is 8.76. The molecule has 2 aliphatic rings. The number of aromatic nitrogens is 4. The molecule has 0 atom stereocenters. The van der Waals surface area contributed by atoms with E-state index < -0.39 is 5.82 Å². The molecule has 0 radical (unpaired) electrons. The summed E-state index contributed by atoms with van der Waals surface area (Å²) in [5.41, 5.74) is 1.82. The first kappa shape index (κ1) is 15.9. The molecule has 2 aromatic heterocycles. The normalized spacial score (nSPS) is 15.9. The van der Waals surface area contributed by atoms with E-state index in [1.807, 2.05) is 10.6 Å². The quantitative estimate of drug-likeness (QED) is 0.657. The lowest BCUT2D eigenvalue weighted by molar-refractivity contribution is 0.618. The highest BCUT2D eigenvalue weighted by Crippen LogP contribution is 2.42. The van der Waals surface area contributed by atoms with Gasteiger partial charge in [0.25, 0.3) is 0 Å². The van der Waals surface area contributed by atoms with Crippen LogP contribution in [0, 0.1) is 5.82 Å². The Balaban J connectivity index is 1.82. The standard InChI is InChI=1S/C18H12Cl2FN5/c19-10-5-6-12-14(15(10)20)17(16-11(21)2-1-7-22-16)23-8-13-24-25-18(26(12)13)9-3-4-9/h1-2,5-7,9H,3-4,8H2. The highest BCUT2D eigenvalue weighted by molar-refractivity contribution is 6.45. The minimum atomic E-state index is -0.465. The summed E-state index contributed by atoms with van der Waals surface area (Å²) in [6.45, 7) is 0.258. The van der Waals surface area contributed by atoms with Gasteiger partial charge in [-0.1, -0.05) is 23.2 Å². The van der Waals surface area contributed by atoms with Crippen molar-refractivity contribution >= 4 is 28.9 Å². The Labute approximate surface area is 158 Å². The van der Waals surface area contributed by atoms with Crippen LogP contribution >= 0.6 is 23.2 Å². The lowest BCUT2D eigenvalue weighted by atomic mass is 10.0. The van der Waals surface area contributed by atoms with Gasteiger partial charge in [-0.25, -0.2) is 4.39 Å². The highest BCUT2D eigenvalue weighted by atomic mass is 35.5. The molecule has 0 bridgehead atoms. The van der Waals surface area contributed by atoms with Crippen molar-refractivity contribution in [2.75, 3.05) is 0 Å². The lowest BCUT2D eigenvalue weighted by Crippen LogP contribution is -2.13. The number of benzene rings is 1. The summed E-state index contributed by atoms with van der Waals surface area (Å²) in [6.07, 6.45) is 3.69. The summed E-state index contributed by atoms with van der Waals surface area (Å²) in [7, 11) is 0. The average Bonchev–Trinajstić information content (AvgIpc) is 3.42. The Bertz CT molecular complexity index is 1070. The van der Waals surface area contributed by atoms with Crippen molar-refractivity contribution in [2.24, 2.45) is 4.99 Å². The second-order valence-corrected chi connectivity index (χ2v) is 7.12. The molecule has 1 aromatic carbocycles. The van der Waals surface area contributed by atoms with E-state index in [4.69, 9.17) is 23.2 Å². The van der Waals surface area contributed by atoms with Gasteiger partial charge in [0.2, 0.25) is 0 Å². The van der Waals surface area contributed by atoms with Gasteiger partial charge in [0.05, 0.1) is 21.4 Å². The number of nitrogens with zero attached hydrogens (tertiary/aromatic N) is 5. The smallest absolute Gasteiger partial charge is 0.159 e. The number of fused-ring (bicyclic) bond motifs is 3. The Morgan fingerprint density at radius 1 is 1.12 bits per heavy atom. The molecule has 0 N–H and O–H groups in total. The zero-order chi connectivity index (χ0) is 17.8. The minimum absolute atomic E-state index is 0.143. The minimum Gasteiger partial charge on any atom is -0.280 e. The van der Waals surface area contributed by atoms with Crippen molar-refractivity contribution in [3.05, 3.63) is 69.2 Å². The molecule has 0 amide bonds. The van der Waals surface area contributed by atoms with Crippen molar-refractivity contribution in [3.63, 3.8) is 0 Å². The third-order valence-electron chi connectivity index (χ3n) is 4.61. The van der Waals surface area contributed by atoms with E-state index in [1.54, 1.807) is 6.07 Å². The summed E-state index contributed by atoms with van der Waals surface area (Å²) in [5.74, 6) is 1.50. The van der Waals surface area contributed by atoms with Crippen LogP contribution in [0.2, 0.25) is 10.0 Å². The Morgan fingerprint density at radius 3 is 2.73 bits per heavy atom. The van der Waals surface area contributed by atoms with Crippen LogP contribution in [0.3, 0.4) is 0 Å². The average molecular weight is 388 g/mol. The lowest BCUT2D eigenvalue weighted by Gasteiger charge is -2.15. The molecule has 3 heterocycles. The number of halogens is 3. The first-order valence-electron chi connectivity index (χ1n) is 8.23. The zero-order valence-electron chi connectivity index (χ0n) is 13.5. The molecule has 1 aliphatic heterocycles. The maximum Gasteiger partial charge on any atom is 0.159 e. The molecule has 1 aliphatic carbocycles. The molecule has 8 heteroatoms. The van der Waals surface area contributed by atoms with Gasteiger partial charge in [0.1, 0.15) is 18.1 Å². The van der Waals surface area contributed by atoms with Gasteiger partial charge in [-0.15, -0.1) is 10.2 Å². The van der Waals surface area contributed by atoms with Gasteiger partial charge in [-0.05, 0) is 37.1 Å². The van der Waals surface area contributed by atoms with E-state index >= 15 is 0 Å². The van der Waals surface area contributed by atoms with Crippen molar-refractivity contribution in [3.8, 4) is 5.69 Å². The Morgan fingerprint density at radius 2 is 1.96 bits per heavy atom. The summed E-state index contributed by atoms with van der Waals surface area (Å²) >= 11 is 12.8. The van der Waals surface area contributed by atoms with E-state index in [0.29, 0.717) is 33.1 Å². The van der Waals surface area contributed by atoms with Crippen LogP contribution in [0.5, 0.6) is 0 Å². The number of hydrogen-bond donors (Lipinski definition) is 0. The SMILES string of the molecule is Fc1cccnc1C1=NCc2nnc(C3CC3)n2-c2ccc(Cl)c(Cl)c21. The molecule has 130 valence electrons. The largest absolute Gasteiger partial charge is 0.280 e. The van der Waals surface area contributed by atoms with E-state index in [2.05, 4.69) is 20.2 Å². The van der Waals surface area contributed by atoms with Crippen molar-refractivity contribution in [1.82, 2.24) is 19.7 Å². The summed E-state index contributed by atoms with van der Waals surface area (Å²) < 4.78 is 16.4. The number of pyridine rings is 1. The third-order valence-corrected chi connectivity index (χ3v) is 5.41. The van der Waals surface area contributed by atoms with Gasteiger partial charge < -0.3 is 0 Å². The van der Waals surface area contributed by atoms with Crippen molar-refractivity contribution < 1.29 is 4.39 Å². The maximum atomic E-state index is 14.5.